The van der Waals surface area contributed by atoms with Crippen LogP contribution >= 0.6 is 0 Å². The van der Waals surface area contributed by atoms with Crippen LogP contribution in [0.15, 0.2) is 18.2 Å². The van der Waals surface area contributed by atoms with Gasteiger partial charge in [-0.15, -0.1) is 0 Å². The Bertz CT molecular complexity index is 609. The van der Waals surface area contributed by atoms with Gasteiger partial charge in [-0.05, 0) is 24.6 Å². The first-order valence-electron chi connectivity index (χ1n) is 6.12. The number of rotatable bonds is 5. The molecular formula is C13H12F3N3O3. The van der Waals surface area contributed by atoms with Crippen LogP contribution < -0.4 is 10.6 Å². The third-order valence-corrected chi connectivity index (χ3v) is 2.56. The lowest BCUT2D eigenvalue weighted by atomic mass is 10.1. The number of urea groups is 1. The van der Waals surface area contributed by atoms with Crippen LogP contribution in [0.1, 0.15) is 24.0 Å². The average molecular weight is 315 g/mol. The van der Waals surface area contributed by atoms with Gasteiger partial charge in [0, 0.05) is 18.7 Å². The lowest BCUT2D eigenvalue weighted by molar-refractivity contribution is -0.138. The Labute approximate surface area is 123 Å². The summed E-state index contributed by atoms with van der Waals surface area (Å²) in [5, 5.41) is 21.6. The Hall–Kier alpha value is -2.76. The molecule has 0 radical (unpaired) electrons. The second kappa shape index (κ2) is 7.31. The van der Waals surface area contributed by atoms with E-state index in [1.54, 1.807) is 0 Å². The molecule has 0 bridgehead atoms. The monoisotopic (exact) mass is 315 g/mol. The molecule has 1 rings (SSSR count). The van der Waals surface area contributed by atoms with Crippen molar-refractivity contribution in [3.8, 4) is 6.07 Å². The molecule has 0 heterocycles. The number of carbonyl (C=O) groups is 2. The number of benzene rings is 1. The lowest BCUT2D eigenvalue weighted by Crippen LogP contribution is -2.30. The lowest BCUT2D eigenvalue weighted by Gasteiger charge is -2.12. The molecule has 1 aromatic rings. The zero-order valence-electron chi connectivity index (χ0n) is 11.2. The maximum Gasteiger partial charge on any atom is 0.417 e. The van der Waals surface area contributed by atoms with Gasteiger partial charge in [0.05, 0.1) is 17.2 Å². The highest BCUT2D eigenvalue weighted by Gasteiger charge is 2.33. The fraction of sp³-hybridized carbons (Fsp3) is 0.308. The van der Waals surface area contributed by atoms with Crippen molar-refractivity contribution in [3.05, 3.63) is 29.3 Å². The molecule has 0 aliphatic heterocycles. The zero-order valence-corrected chi connectivity index (χ0v) is 11.2. The summed E-state index contributed by atoms with van der Waals surface area (Å²) in [6.07, 6.45) is -4.64. The van der Waals surface area contributed by atoms with Crippen LogP contribution in [0.5, 0.6) is 0 Å². The van der Waals surface area contributed by atoms with Crippen molar-refractivity contribution in [2.24, 2.45) is 0 Å². The van der Waals surface area contributed by atoms with Crippen LogP contribution in [0.25, 0.3) is 0 Å². The maximum atomic E-state index is 12.7. The van der Waals surface area contributed by atoms with Gasteiger partial charge in [0.1, 0.15) is 0 Å². The van der Waals surface area contributed by atoms with E-state index in [0.29, 0.717) is 6.07 Å². The van der Waals surface area contributed by atoms with E-state index in [4.69, 9.17) is 10.4 Å². The zero-order chi connectivity index (χ0) is 16.8. The normalized spacial score (nSPS) is 10.6. The number of nitrogens with one attached hydrogen (secondary N) is 2. The highest BCUT2D eigenvalue weighted by Crippen LogP contribution is 2.33. The van der Waals surface area contributed by atoms with Gasteiger partial charge in [-0.3, -0.25) is 4.79 Å². The standard InChI is InChI=1S/C13H12F3N3O3/c14-13(15,16)10-6-9(4-3-8(10)7-17)19-12(22)18-5-1-2-11(20)21/h3-4,6H,1-2,5H2,(H,20,21)(H2,18,19,22). The van der Waals surface area contributed by atoms with E-state index < -0.39 is 29.3 Å². The topological polar surface area (TPSA) is 102 Å². The molecular weight excluding hydrogens is 303 g/mol. The number of halogens is 3. The van der Waals surface area contributed by atoms with E-state index >= 15 is 0 Å². The van der Waals surface area contributed by atoms with Crippen molar-refractivity contribution >= 4 is 17.7 Å². The smallest absolute Gasteiger partial charge is 0.417 e. The van der Waals surface area contributed by atoms with Crippen molar-refractivity contribution in [2.75, 3.05) is 11.9 Å². The highest BCUT2D eigenvalue weighted by molar-refractivity contribution is 5.89. The molecule has 0 aliphatic carbocycles. The SMILES string of the molecule is N#Cc1ccc(NC(=O)NCCCC(=O)O)cc1C(F)(F)F. The Balaban J connectivity index is 2.68. The number of hydrogen-bond donors (Lipinski definition) is 3. The van der Waals surface area contributed by atoms with Gasteiger partial charge in [0.15, 0.2) is 0 Å². The molecule has 6 nitrogen and oxygen atoms in total. The van der Waals surface area contributed by atoms with E-state index in [1.807, 2.05) is 0 Å². The molecule has 0 atom stereocenters. The van der Waals surface area contributed by atoms with Crippen molar-refractivity contribution in [2.45, 2.75) is 19.0 Å². The third kappa shape index (κ3) is 5.32. The van der Waals surface area contributed by atoms with Gasteiger partial charge in [0.2, 0.25) is 0 Å². The Morgan fingerprint density at radius 1 is 1.32 bits per heavy atom. The van der Waals surface area contributed by atoms with Crippen molar-refractivity contribution in [1.29, 1.82) is 5.26 Å². The second-order valence-electron chi connectivity index (χ2n) is 4.25. The summed E-state index contributed by atoms with van der Waals surface area (Å²) in [5.41, 5.74) is -1.80. The van der Waals surface area contributed by atoms with E-state index in [0.717, 1.165) is 6.07 Å². The van der Waals surface area contributed by atoms with Crippen LogP contribution in [0.2, 0.25) is 0 Å². The Morgan fingerprint density at radius 2 is 2.00 bits per heavy atom. The van der Waals surface area contributed by atoms with E-state index in [9.17, 15) is 22.8 Å². The highest BCUT2D eigenvalue weighted by atomic mass is 19.4. The number of amides is 2. The molecule has 9 heteroatoms. The molecule has 0 saturated carbocycles. The molecule has 0 aliphatic rings. The minimum atomic E-state index is -4.71. The minimum Gasteiger partial charge on any atom is -0.481 e. The quantitative estimate of drug-likeness (QED) is 0.727. The number of nitrogens with zero attached hydrogens (tertiary/aromatic N) is 1. The fourth-order valence-electron chi connectivity index (χ4n) is 1.57. The average Bonchev–Trinajstić information content (AvgIpc) is 2.42. The second-order valence-corrected chi connectivity index (χ2v) is 4.25. The number of hydrogen-bond acceptors (Lipinski definition) is 3. The van der Waals surface area contributed by atoms with Gasteiger partial charge in [-0.25, -0.2) is 4.79 Å². The third-order valence-electron chi connectivity index (χ3n) is 2.56. The summed E-state index contributed by atoms with van der Waals surface area (Å²) in [4.78, 5) is 21.7. The van der Waals surface area contributed by atoms with Crippen LogP contribution in [0, 0.1) is 11.3 Å². The largest absolute Gasteiger partial charge is 0.481 e. The predicted octanol–water partition coefficient (Wildman–Crippen LogP) is 2.56. The molecule has 0 fully saturated rings. The summed E-state index contributed by atoms with van der Waals surface area (Å²) in [7, 11) is 0. The summed E-state index contributed by atoms with van der Waals surface area (Å²) in [5.74, 6) is -1.01. The molecule has 2 amide bonds. The molecule has 118 valence electrons. The van der Waals surface area contributed by atoms with Crippen molar-refractivity contribution in [3.63, 3.8) is 0 Å². The number of carboxylic acid groups (broad SMARTS) is 1. The number of aliphatic carboxylic acids is 1. The van der Waals surface area contributed by atoms with E-state index in [1.165, 1.54) is 12.1 Å². The van der Waals surface area contributed by atoms with E-state index in [-0.39, 0.29) is 25.1 Å². The molecule has 0 spiro atoms. The van der Waals surface area contributed by atoms with Crippen LogP contribution in [-0.2, 0) is 11.0 Å². The molecule has 22 heavy (non-hydrogen) atoms. The fourth-order valence-corrected chi connectivity index (χ4v) is 1.57. The van der Waals surface area contributed by atoms with Gasteiger partial charge < -0.3 is 15.7 Å². The predicted molar refractivity (Wildman–Crippen MR) is 70.1 cm³/mol. The van der Waals surface area contributed by atoms with Gasteiger partial charge in [0.25, 0.3) is 0 Å². The first-order valence-corrected chi connectivity index (χ1v) is 6.12. The van der Waals surface area contributed by atoms with Crippen molar-refractivity contribution < 1.29 is 27.9 Å². The molecule has 0 aromatic heterocycles. The van der Waals surface area contributed by atoms with Gasteiger partial charge in [-0.2, -0.15) is 18.4 Å². The number of carboxylic acids is 1. The summed E-state index contributed by atoms with van der Waals surface area (Å²) in [6.45, 7) is 0.0700. The van der Waals surface area contributed by atoms with Crippen LogP contribution in [-0.4, -0.2) is 23.7 Å². The number of nitriles is 1. The number of anilines is 1. The van der Waals surface area contributed by atoms with Crippen molar-refractivity contribution in [1.82, 2.24) is 5.32 Å². The number of alkyl halides is 3. The minimum absolute atomic E-state index is 0.0700. The molecule has 0 saturated heterocycles. The number of carbonyl (C=O) groups excluding carboxylic acids is 1. The first kappa shape index (κ1) is 17.3. The van der Waals surface area contributed by atoms with Crippen LogP contribution in [0.4, 0.5) is 23.7 Å². The molecule has 3 N–H and O–H groups in total. The Morgan fingerprint density at radius 3 is 2.55 bits per heavy atom. The molecule has 0 unspecified atom stereocenters. The Kier molecular flexibility index (Phi) is 5.74. The first-order chi connectivity index (χ1) is 10.2. The van der Waals surface area contributed by atoms with Gasteiger partial charge in [-0.1, -0.05) is 0 Å². The molecule has 1 aromatic carbocycles. The summed E-state index contributed by atoms with van der Waals surface area (Å²) >= 11 is 0. The summed E-state index contributed by atoms with van der Waals surface area (Å²) in [6, 6.07) is 3.46. The van der Waals surface area contributed by atoms with Crippen LogP contribution in [0.3, 0.4) is 0 Å². The maximum absolute atomic E-state index is 12.7. The van der Waals surface area contributed by atoms with E-state index in [2.05, 4.69) is 10.6 Å². The summed E-state index contributed by atoms with van der Waals surface area (Å²) < 4.78 is 38.2. The van der Waals surface area contributed by atoms with Gasteiger partial charge >= 0.3 is 18.2 Å².